The maximum Gasteiger partial charge on any atom is -0.00489 e. The van der Waals surface area contributed by atoms with Crippen molar-refractivity contribution in [1.29, 1.82) is 0 Å². The smallest absolute Gasteiger partial charge is 0.00489 e. The zero-order chi connectivity index (χ0) is 20.4. The minimum Gasteiger partial charge on any atom is -0.317 e. The van der Waals surface area contributed by atoms with Crippen LogP contribution in [0.2, 0.25) is 0 Å². The van der Waals surface area contributed by atoms with E-state index in [9.17, 15) is 0 Å². The Morgan fingerprint density at radius 2 is 0.714 bits per heavy atom. The molecular formula is C27H55N. The zero-order valence-corrected chi connectivity index (χ0v) is 19.9. The maximum atomic E-state index is 3.57. The molecule has 0 aromatic heterocycles. The van der Waals surface area contributed by atoms with Gasteiger partial charge < -0.3 is 5.32 Å². The van der Waals surface area contributed by atoms with Gasteiger partial charge in [-0.05, 0) is 51.6 Å². The summed E-state index contributed by atoms with van der Waals surface area (Å²) in [4.78, 5) is 0. The van der Waals surface area contributed by atoms with Crippen LogP contribution in [0.1, 0.15) is 149 Å². The molecule has 0 saturated carbocycles. The van der Waals surface area contributed by atoms with Crippen LogP contribution in [0.3, 0.4) is 0 Å². The fourth-order valence-corrected chi connectivity index (χ4v) is 3.83. The van der Waals surface area contributed by atoms with Gasteiger partial charge in [0.15, 0.2) is 0 Å². The molecule has 0 atom stereocenters. The third kappa shape index (κ3) is 25.7. The van der Waals surface area contributed by atoms with Gasteiger partial charge in [-0.1, -0.05) is 122 Å². The first-order valence-corrected chi connectivity index (χ1v) is 13.3. The van der Waals surface area contributed by atoms with E-state index in [-0.39, 0.29) is 0 Å². The molecule has 28 heavy (non-hydrogen) atoms. The molecule has 0 aliphatic carbocycles. The predicted molar refractivity (Wildman–Crippen MR) is 130 cm³/mol. The maximum absolute atomic E-state index is 3.57. The second-order valence-electron chi connectivity index (χ2n) is 8.81. The van der Waals surface area contributed by atoms with Crippen molar-refractivity contribution >= 4 is 0 Å². The minimum absolute atomic E-state index is 1.22. The Balaban J connectivity index is 3.03. The first-order chi connectivity index (χ1) is 13.9. The first-order valence-electron chi connectivity index (χ1n) is 13.3. The largest absolute Gasteiger partial charge is 0.317 e. The highest BCUT2D eigenvalue weighted by Crippen LogP contribution is 2.12. The molecule has 1 N–H and O–H groups in total. The van der Waals surface area contributed by atoms with Crippen molar-refractivity contribution in [3.05, 3.63) is 12.2 Å². The van der Waals surface area contributed by atoms with Gasteiger partial charge in [0.05, 0.1) is 0 Å². The van der Waals surface area contributed by atoms with Crippen LogP contribution in [0.25, 0.3) is 0 Å². The molecule has 0 aromatic carbocycles. The fourth-order valence-electron chi connectivity index (χ4n) is 3.83. The second kappa shape index (κ2) is 26.7. The summed E-state index contributed by atoms with van der Waals surface area (Å²) >= 11 is 0. The fraction of sp³-hybridized carbons (Fsp3) is 0.926. The van der Waals surface area contributed by atoms with Crippen LogP contribution in [-0.2, 0) is 0 Å². The molecule has 168 valence electrons. The van der Waals surface area contributed by atoms with E-state index in [1.54, 1.807) is 0 Å². The van der Waals surface area contributed by atoms with E-state index in [2.05, 4.69) is 31.3 Å². The summed E-state index contributed by atoms with van der Waals surface area (Å²) in [5, 5.41) is 3.57. The lowest BCUT2D eigenvalue weighted by molar-refractivity contribution is 0.536. The third-order valence-electron chi connectivity index (χ3n) is 5.82. The van der Waals surface area contributed by atoms with Crippen LogP contribution in [0.5, 0.6) is 0 Å². The molecule has 0 unspecified atom stereocenters. The summed E-state index contributed by atoms with van der Waals surface area (Å²) in [5.74, 6) is 0. The summed E-state index contributed by atoms with van der Waals surface area (Å²) in [6.07, 6.45) is 34.4. The Morgan fingerprint density at radius 3 is 1.18 bits per heavy atom. The summed E-state index contributed by atoms with van der Waals surface area (Å²) in [6.45, 7) is 7.02. The quantitative estimate of drug-likeness (QED) is 0.127. The molecule has 0 saturated heterocycles. The molecule has 0 fully saturated rings. The number of unbranched alkanes of at least 4 members (excludes halogenated alkanes) is 18. The molecule has 1 nitrogen and oxygen atoms in total. The van der Waals surface area contributed by atoms with E-state index >= 15 is 0 Å². The number of nitrogens with one attached hydrogen (secondary N) is 1. The molecule has 0 heterocycles. The number of hydrogen-bond acceptors (Lipinski definition) is 1. The van der Waals surface area contributed by atoms with E-state index in [4.69, 9.17) is 0 Å². The summed E-state index contributed by atoms with van der Waals surface area (Å²) in [5.41, 5.74) is 0. The predicted octanol–water partition coefficient (Wildman–Crippen LogP) is 9.36. The summed E-state index contributed by atoms with van der Waals surface area (Å²) in [7, 11) is 0. The topological polar surface area (TPSA) is 12.0 Å². The number of hydrogen-bond donors (Lipinski definition) is 1. The lowest BCUT2D eigenvalue weighted by atomic mass is 10.1. The van der Waals surface area contributed by atoms with Gasteiger partial charge in [0, 0.05) is 0 Å². The van der Waals surface area contributed by atoms with E-state index in [0.717, 1.165) is 0 Å². The van der Waals surface area contributed by atoms with Crippen molar-refractivity contribution in [1.82, 2.24) is 5.32 Å². The molecule has 0 bridgehead atoms. The van der Waals surface area contributed by atoms with Gasteiger partial charge in [0.25, 0.3) is 0 Å². The van der Waals surface area contributed by atoms with Crippen LogP contribution in [0.15, 0.2) is 12.2 Å². The first kappa shape index (κ1) is 27.7. The van der Waals surface area contributed by atoms with Gasteiger partial charge in [-0.2, -0.15) is 0 Å². The highest BCUT2D eigenvalue weighted by atomic mass is 14.8. The van der Waals surface area contributed by atoms with E-state index in [1.807, 2.05) is 0 Å². The average molecular weight is 394 g/mol. The lowest BCUT2D eigenvalue weighted by Gasteiger charge is -2.04. The molecule has 0 radical (unpaired) electrons. The van der Waals surface area contributed by atoms with E-state index in [0.29, 0.717) is 0 Å². The SMILES string of the molecule is CCCCCCCC/C=C\CCCCCCCCCCCCNCCCCC. The Bertz CT molecular complexity index is 284. The van der Waals surface area contributed by atoms with Crippen molar-refractivity contribution in [2.24, 2.45) is 0 Å². The van der Waals surface area contributed by atoms with Crippen molar-refractivity contribution < 1.29 is 0 Å². The number of rotatable bonds is 24. The second-order valence-corrected chi connectivity index (χ2v) is 8.81. The molecule has 0 rings (SSSR count). The average Bonchev–Trinajstić information content (AvgIpc) is 2.71. The normalized spacial score (nSPS) is 11.6. The highest BCUT2D eigenvalue weighted by Gasteiger charge is 1.94. The molecule has 1 heteroatoms. The molecule has 0 spiro atoms. The highest BCUT2D eigenvalue weighted by molar-refractivity contribution is 4.81. The minimum atomic E-state index is 1.22. The zero-order valence-electron chi connectivity index (χ0n) is 19.9. The van der Waals surface area contributed by atoms with Gasteiger partial charge in [-0.3, -0.25) is 0 Å². The summed E-state index contributed by atoms with van der Waals surface area (Å²) in [6, 6.07) is 0. The van der Waals surface area contributed by atoms with Crippen molar-refractivity contribution in [3.8, 4) is 0 Å². The van der Waals surface area contributed by atoms with Gasteiger partial charge in [0.1, 0.15) is 0 Å². The van der Waals surface area contributed by atoms with Crippen LogP contribution in [0, 0.1) is 0 Å². The Hall–Kier alpha value is -0.300. The molecular weight excluding hydrogens is 338 g/mol. The van der Waals surface area contributed by atoms with E-state index in [1.165, 1.54) is 148 Å². The van der Waals surface area contributed by atoms with Crippen molar-refractivity contribution in [2.45, 2.75) is 149 Å². The van der Waals surface area contributed by atoms with Gasteiger partial charge in [-0.15, -0.1) is 0 Å². The molecule has 0 amide bonds. The van der Waals surface area contributed by atoms with Crippen LogP contribution < -0.4 is 5.32 Å². The van der Waals surface area contributed by atoms with Crippen LogP contribution >= 0.6 is 0 Å². The van der Waals surface area contributed by atoms with Crippen LogP contribution in [0.4, 0.5) is 0 Å². The van der Waals surface area contributed by atoms with Crippen molar-refractivity contribution in [2.75, 3.05) is 13.1 Å². The molecule has 0 aliphatic rings. The molecule has 0 aromatic rings. The Labute approximate surface area is 179 Å². The lowest BCUT2D eigenvalue weighted by Crippen LogP contribution is -2.16. The van der Waals surface area contributed by atoms with Crippen molar-refractivity contribution in [3.63, 3.8) is 0 Å². The molecule has 0 aliphatic heterocycles. The van der Waals surface area contributed by atoms with Crippen LogP contribution in [-0.4, -0.2) is 13.1 Å². The summed E-state index contributed by atoms with van der Waals surface area (Å²) < 4.78 is 0. The standard InChI is InChI=1S/C27H55N/c1-3-5-7-8-9-10-11-12-13-14-15-16-17-18-19-20-21-22-23-25-27-28-26-24-6-4-2/h12-13,28H,3-11,14-27H2,1-2H3/b13-12-. The van der Waals surface area contributed by atoms with Gasteiger partial charge in [-0.25, -0.2) is 0 Å². The Morgan fingerprint density at radius 1 is 0.393 bits per heavy atom. The monoisotopic (exact) mass is 393 g/mol. The van der Waals surface area contributed by atoms with Gasteiger partial charge >= 0.3 is 0 Å². The Kier molecular flexibility index (Phi) is 26.4. The van der Waals surface area contributed by atoms with Gasteiger partial charge in [0.2, 0.25) is 0 Å². The number of allylic oxidation sites excluding steroid dienone is 2. The third-order valence-corrected chi connectivity index (χ3v) is 5.82. The van der Waals surface area contributed by atoms with E-state index < -0.39 is 0 Å².